The zero-order valence-electron chi connectivity index (χ0n) is 15.9. The van der Waals surface area contributed by atoms with E-state index in [0.29, 0.717) is 34.7 Å². The van der Waals surface area contributed by atoms with Gasteiger partial charge in [0.1, 0.15) is 18.1 Å². The summed E-state index contributed by atoms with van der Waals surface area (Å²) in [6.45, 7) is 0.622. The lowest BCUT2D eigenvalue weighted by atomic mass is 10.2. The quantitative estimate of drug-likeness (QED) is 0.259. The van der Waals surface area contributed by atoms with Crippen LogP contribution in [0.15, 0.2) is 51.4 Å². The van der Waals surface area contributed by atoms with E-state index in [-0.39, 0.29) is 11.7 Å². The van der Waals surface area contributed by atoms with Gasteiger partial charge in [0.2, 0.25) is 0 Å². The number of hydrogen-bond acceptors (Lipinski definition) is 6. The smallest absolute Gasteiger partial charge is 0.276 e. The Kier molecular flexibility index (Phi) is 10.0. The lowest BCUT2D eigenvalue weighted by Crippen LogP contribution is -2.49. The van der Waals surface area contributed by atoms with Gasteiger partial charge in [0.25, 0.3) is 11.8 Å². The Labute approximate surface area is 195 Å². The maximum atomic E-state index is 12.3. The minimum Gasteiger partial charge on any atom is -0.490 e. The molecular weight excluding hydrogens is 542 g/mol. The highest BCUT2D eigenvalue weighted by Crippen LogP contribution is 2.26. The van der Waals surface area contributed by atoms with E-state index >= 15 is 0 Å². The van der Waals surface area contributed by atoms with Gasteiger partial charge in [-0.1, -0.05) is 15.9 Å². The average Bonchev–Trinajstić information content (AvgIpc) is 2.73. The van der Waals surface area contributed by atoms with Crippen LogP contribution in [0.2, 0.25) is 0 Å². The third-order valence-electron chi connectivity index (χ3n) is 3.47. The molecule has 0 heterocycles. The highest BCUT2D eigenvalue weighted by molar-refractivity contribution is 9.10. The van der Waals surface area contributed by atoms with Crippen LogP contribution in [0.5, 0.6) is 11.5 Å². The number of hydrogen-bond donors (Lipinski definition) is 3. The number of benzene rings is 2. The van der Waals surface area contributed by atoms with Crippen molar-refractivity contribution in [3.05, 3.63) is 57.0 Å². The van der Waals surface area contributed by atoms with Crippen molar-refractivity contribution in [3.8, 4) is 11.5 Å². The lowest BCUT2D eigenvalue weighted by Gasteiger charge is -2.12. The van der Waals surface area contributed by atoms with Gasteiger partial charge in [0.05, 0.1) is 11.1 Å². The molecule has 2 aromatic rings. The van der Waals surface area contributed by atoms with Crippen molar-refractivity contribution in [2.24, 2.45) is 0 Å². The van der Waals surface area contributed by atoms with Gasteiger partial charge in [-0.15, -0.1) is 0 Å². The summed E-state index contributed by atoms with van der Waals surface area (Å²) in [6.07, 6.45) is 0. The van der Waals surface area contributed by atoms with Crippen molar-refractivity contribution in [1.82, 2.24) is 16.2 Å². The molecule has 0 aliphatic carbocycles. The molecule has 0 unspecified atom stereocenters. The second kappa shape index (κ2) is 12.5. The Bertz CT molecular complexity index is 896. The first kappa shape index (κ1) is 24.1. The van der Waals surface area contributed by atoms with Crippen molar-refractivity contribution in [2.75, 3.05) is 26.9 Å². The number of carbonyl (C=O) groups excluding carboxylic acids is 2. The minimum atomic E-state index is -0.463. The molecule has 2 amide bonds. The van der Waals surface area contributed by atoms with Gasteiger partial charge in [-0.2, -0.15) is 0 Å². The van der Waals surface area contributed by atoms with Gasteiger partial charge in [-0.05, 0) is 70.6 Å². The number of halogens is 2. The third-order valence-corrected chi connectivity index (χ3v) is 4.82. The largest absolute Gasteiger partial charge is 0.490 e. The van der Waals surface area contributed by atoms with E-state index in [9.17, 15) is 9.59 Å². The fourth-order valence-electron chi connectivity index (χ4n) is 2.04. The van der Waals surface area contributed by atoms with Crippen molar-refractivity contribution < 1.29 is 23.8 Å². The van der Waals surface area contributed by atoms with E-state index in [4.69, 9.17) is 26.4 Å². The van der Waals surface area contributed by atoms with Crippen LogP contribution in [0.4, 0.5) is 0 Å². The first-order chi connectivity index (χ1) is 14.4. The first-order valence-corrected chi connectivity index (χ1v) is 10.6. The summed E-state index contributed by atoms with van der Waals surface area (Å²) in [5.74, 6) is 0.221. The SMILES string of the molecule is COCCOc1ccc(C(=O)NC(=S)NNC(=O)COc2ccc(Br)cc2)cc1Br. The normalized spacial score (nSPS) is 10.1. The molecule has 0 saturated carbocycles. The minimum absolute atomic E-state index is 0.0615. The zero-order valence-corrected chi connectivity index (χ0v) is 19.9. The Morgan fingerprint density at radius 2 is 1.73 bits per heavy atom. The van der Waals surface area contributed by atoms with Crippen molar-refractivity contribution in [2.45, 2.75) is 0 Å². The molecule has 0 atom stereocenters. The molecule has 0 aliphatic heterocycles. The summed E-state index contributed by atoms with van der Waals surface area (Å²) < 4.78 is 17.3. The third kappa shape index (κ3) is 8.27. The summed E-state index contributed by atoms with van der Waals surface area (Å²) in [5.41, 5.74) is 5.16. The molecular formula is C19H19Br2N3O5S. The molecule has 0 radical (unpaired) electrons. The molecule has 30 heavy (non-hydrogen) atoms. The van der Waals surface area contributed by atoms with Gasteiger partial charge in [0, 0.05) is 17.1 Å². The molecule has 11 heteroatoms. The first-order valence-electron chi connectivity index (χ1n) is 8.59. The Balaban J connectivity index is 1.75. The highest BCUT2D eigenvalue weighted by Gasteiger charge is 2.11. The van der Waals surface area contributed by atoms with Crippen molar-refractivity contribution >= 4 is 61.0 Å². The van der Waals surface area contributed by atoms with Crippen LogP contribution in [0.25, 0.3) is 0 Å². The molecule has 0 aliphatic rings. The van der Waals surface area contributed by atoms with E-state index in [1.807, 2.05) is 0 Å². The molecule has 0 spiro atoms. The summed E-state index contributed by atoms with van der Waals surface area (Å²) in [7, 11) is 1.58. The van der Waals surface area contributed by atoms with Crippen LogP contribution in [0, 0.1) is 0 Å². The predicted molar refractivity (Wildman–Crippen MR) is 122 cm³/mol. The van der Waals surface area contributed by atoms with Crippen LogP contribution >= 0.6 is 44.1 Å². The number of rotatable bonds is 8. The summed E-state index contributed by atoms with van der Waals surface area (Å²) in [6, 6.07) is 11.9. The number of methoxy groups -OCH3 is 1. The molecule has 160 valence electrons. The number of hydrazine groups is 1. The number of carbonyl (C=O) groups is 2. The Morgan fingerprint density at radius 3 is 2.40 bits per heavy atom. The van der Waals surface area contributed by atoms with Gasteiger partial charge >= 0.3 is 0 Å². The molecule has 2 aromatic carbocycles. The van der Waals surface area contributed by atoms with Gasteiger partial charge in [0.15, 0.2) is 11.7 Å². The zero-order chi connectivity index (χ0) is 21.9. The van der Waals surface area contributed by atoms with Gasteiger partial charge < -0.3 is 14.2 Å². The molecule has 0 saturated heterocycles. The standard InChI is InChI=1S/C19H19Br2N3O5S/c1-27-8-9-28-16-7-2-12(10-15(16)21)18(26)22-19(30)24-23-17(25)11-29-14-5-3-13(20)4-6-14/h2-7,10H,8-9,11H2,1H3,(H,23,25)(H2,22,24,26,30). The van der Waals surface area contributed by atoms with Crippen LogP contribution < -0.4 is 25.6 Å². The summed E-state index contributed by atoms with van der Waals surface area (Å²) in [5, 5.41) is 2.41. The van der Waals surface area contributed by atoms with Gasteiger partial charge in [-0.3, -0.25) is 25.8 Å². The van der Waals surface area contributed by atoms with E-state index in [1.165, 1.54) is 0 Å². The van der Waals surface area contributed by atoms with E-state index in [0.717, 1.165) is 4.47 Å². The molecule has 0 fully saturated rings. The fourth-order valence-corrected chi connectivity index (χ4v) is 2.94. The van der Waals surface area contributed by atoms with Crippen molar-refractivity contribution in [3.63, 3.8) is 0 Å². The number of ether oxygens (including phenoxy) is 3. The lowest BCUT2D eigenvalue weighted by molar-refractivity contribution is -0.123. The summed E-state index contributed by atoms with van der Waals surface area (Å²) >= 11 is 11.7. The van der Waals surface area contributed by atoms with E-state index < -0.39 is 11.8 Å². The number of thiocarbonyl (C=S) groups is 1. The molecule has 0 bridgehead atoms. The fraction of sp³-hybridized carbons (Fsp3) is 0.211. The highest BCUT2D eigenvalue weighted by atomic mass is 79.9. The monoisotopic (exact) mass is 559 g/mol. The van der Waals surface area contributed by atoms with E-state index in [2.05, 4.69) is 48.0 Å². The topological polar surface area (TPSA) is 97.9 Å². The van der Waals surface area contributed by atoms with Gasteiger partial charge in [-0.25, -0.2) is 0 Å². The Morgan fingerprint density at radius 1 is 1.00 bits per heavy atom. The van der Waals surface area contributed by atoms with Crippen LogP contribution in [-0.2, 0) is 9.53 Å². The molecule has 2 rings (SSSR count). The van der Waals surface area contributed by atoms with Crippen LogP contribution in [-0.4, -0.2) is 43.9 Å². The average molecular weight is 561 g/mol. The molecule has 8 nitrogen and oxygen atoms in total. The predicted octanol–water partition coefficient (Wildman–Crippen LogP) is 2.95. The molecule has 3 N–H and O–H groups in total. The number of amides is 2. The maximum absolute atomic E-state index is 12.3. The second-order valence-electron chi connectivity index (χ2n) is 5.69. The summed E-state index contributed by atoms with van der Waals surface area (Å²) in [4.78, 5) is 24.1. The van der Waals surface area contributed by atoms with Crippen LogP contribution in [0.1, 0.15) is 10.4 Å². The van der Waals surface area contributed by atoms with E-state index in [1.54, 1.807) is 49.6 Å². The second-order valence-corrected chi connectivity index (χ2v) is 7.86. The molecule has 0 aromatic heterocycles. The number of nitrogens with one attached hydrogen (secondary N) is 3. The Hall–Kier alpha value is -2.21. The maximum Gasteiger partial charge on any atom is 0.276 e. The van der Waals surface area contributed by atoms with Crippen LogP contribution in [0.3, 0.4) is 0 Å². The van der Waals surface area contributed by atoms with Crippen molar-refractivity contribution in [1.29, 1.82) is 0 Å².